The number of hydrogen-bond acceptors (Lipinski definition) is 8. The van der Waals surface area contributed by atoms with E-state index in [0.717, 1.165) is 10.00 Å². The summed E-state index contributed by atoms with van der Waals surface area (Å²) in [4.78, 5) is 46.6. The molecule has 0 radical (unpaired) electrons. The van der Waals surface area contributed by atoms with Gasteiger partial charge in [0.1, 0.15) is 6.04 Å². The highest BCUT2D eigenvalue weighted by Gasteiger charge is 2.36. The predicted molar refractivity (Wildman–Crippen MR) is 131 cm³/mol. The SMILES string of the molecule is Cc1ccc(C(=O)NC(CC(C)C)C(=O)N[C@H]2CCCN(S(=O)(=O)c3ncccc3O)CC2=O)cn1. The minimum Gasteiger partial charge on any atom is -0.505 e. The Morgan fingerprint density at radius 2 is 1.97 bits per heavy atom. The fraction of sp³-hybridized carbons (Fsp3) is 0.458. The van der Waals surface area contributed by atoms with Crippen LogP contribution in [0.4, 0.5) is 0 Å². The summed E-state index contributed by atoms with van der Waals surface area (Å²) in [6, 6.07) is 4.11. The van der Waals surface area contributed by atoms with Crippen molar-refractivity contribution < 1.29 is 27.9 Å². The lowest BCUT2D eigenvalue weighted by Crippen LogP contribution is -2.52. The minimum absolute atomic E-state index is 0.0308. The Balaban J connectivity index is 1.70. The molecule has 3 rings (SSSR count). The summed E-state index contributed by atoms with van der Waals surface area (Å²) in [5.74, 6) is -1.89. The molecule has 2 aromatic heterocycles. The Morgan fingerprint density at radius 1 is 1.22 bits per heavy atom. The molecule has 2 aromatic rings. The first-order valence-electron chi connectivity index (χ1n) is 11.7. The predicted octanol–water partition coefficient (Wildman–Crippen LogP) is 1.17. The summed E-state index contributed by atoms with van der Waals surface area (Å²) in [7, 11) is -4.21. The van der Waals surface area contributed by atoms with Gasteiger partial charge < -0.3 is 15.7 Å². The number of hydrogen-bond donors (Lipinski definition) is 3. The molecule has 11 nitrogen and oxygen atoms in total. The van der Waals surface area contributed by atoms with Crippen LogP contribution >= 0.6 is 0 Å². The number of Topliss-reactive ketones (excluding diaryl/α,β-unsaturated/α-hetero) is 1. The fourth-order valence-electron chi connectivity index (χ4n) is 3.88. The van der Waals surface area contributed by atoms with Crippen molar-refractivity contribution in [1.82, 2.24) is 24.9 Å². The van der Waals surface area contributed by atoms with E-state index >= 15 is 0 Å². The van der Waals surface area contributed by atoms with Crippen LogP contribution in [0.2, 0.25) is 0 Å². The molecule has 36 heavy (non-hydrogen) atoms. The first-order valence-corrected chi connectivity index (χ1v) is 13.1. The van der Waals surface area contributed by atoms with Crippen LogP contribution in [-0.4, -0.2) is 70.6 Å². The van der Waals surface area contributed by atoms with Crippen molar-refractivity contribution >= 4 is 27.6 Å². The summed E-state index contributed by atoms with van der Waals surface area (Å²) >= 11 is 0. The highest BCUT2D eigenvalue weighted by molar-refractivity contribution is 7.89. The van der Waals surface area contributed by atoms with Crippen LogP contribution in [0, 0.1) is 12.8 Å². The zero-order valence-corrected chi connectivity index (χ0v) is 21.3. The third-order valence-electron chi connectivity index (χ3n) is 5.78. The van der Waals surface area contributed by atoms with E-state index in [-0.39, 0.29) is 18.9 Å². The molecular formula is C24H31N5O6S. The van der Waals surface area contributed by atoms with Gasteiger partial charge in [-0.25, -0.2) is 13.4 Å². The van der Waals surface area contributed by atoms with Crippen LogP contribution in [0.1, 0.15) is 49.2 Å². The van der Waals surface area contributed by atoms with Crippen molar-refractivity contribution in [3.05, 3.63) is 47.9 Å². The van der Waals surface area contributed by atoms with Crippen molar-refractivity contribution in [1.29, 1.82) is 0 Å². The van der Waals surface area contributed by atoms with E-state index in [9.17, 15) is 27.9 Å². The Labute approximate surface area is 210 Å². The van der Waals surface area contributed by atoms with Crippen LogP contribution in [0.15, 0.2) is 41.7 Å². The molecule has 1 aliphatic heterocycles. The number of aryl methyl sites for hydroxylation is 1. The van der Waals surface area contributed by atoms with Crippen molar-refractivity contribution in [3.8, 4) is 5.75 Å². The summed E-state index contributed by atoms with van der Waals surface area (Å²) in [5.41, 5.74) is 1.07. The Bertz CT molecular complexity index is 1220. The third-order valence-corrected chi connectivity index (χ3v) is 7.57. The number of sulfonamides is 1. The molecule has 1 saturated heterocycles. The maximum atomic E-state index is 13.1. The molecule has 0 spiro atoms. The van der Waals surface area contributed by atoms with E-state index in [1.807, 2.05) is 13.8 Å². The summed E-state index contributed by atoms with van der Waals surface area (Å²) in [5, 5.41) is 14.8. The van der Waals surface area contributed by atoms with Crippen LogP contribution in [-0.2, 0) is 19.6 Å². The van der Waals surface area contributed by atoms with Gasteiger partial charge in [0.2, 0.25) is 10.9 Å². The average molecular weight is 518 g/mol. The number of amides is 2. The van der Waals surface area contributed by atoms with Crippen LogP contribution in [0.5, 0.6) is 5.75 Å². The number of aromatic nitrogens is 2. The van der Waals surface area contributed by atoms with Gasteiger partial charge in [-0.1, -0.05) is 13.8 Å². The van der Waals surface area contributed by atoms with Crippen LogP contribution in [0.25, 0.3) is 0 Å². The first-order chi connectivity index (χ1) is 17.0. The number of nitrogens with one attached hydrogen (secondary N) is 2. The molecular weight excluding hydrogens is 486 g/mol. The molecule has 12 heteroatoms. The van der Waals surface area contributed by atoms with Gasteiger partial charge in [0.05, 0.1) is 18.2 Å². The van der Waals surface area contributed by atoms with Crippen molar-refractivity contribution in [2.75, 3.05) is 13.1 Å². The Morgan fingerprint density at radius 3 is 2.61 bits per heavy atom. The number of carbonyl (C=O) groups is 3. The molecule has 0 saturated carbocycles. The van der Waals surface area contributed by atoms with E-state index in [1.54, 1.807) is 19.1 Å². The number of nitrogens with zero attached hydrogens (tertiary/aromatic N) is 3. The maximum absolute atomic E-state index is 13.1. The summed E-state index contributed by atoms with van der Waals surface area (Å²) < 4.78 is 26.9. The van der Waals surface area contributed by atoms with Crippen molar-refractivity contribution in [2.45, 2.75) is 57.1 Å². The zero-order chi connectivity index (χ0) is 26.5. The zero-order valence-electron chi connectivity index (χ0n) is 20.5. The van der Waals surface area contributed by atoms with E-state index in [1.165, 1.54) is 24.5 Å². The number of aromatic hydroxyl groups is 1. The molecule has 1 unspecified atom stereocenters. The van der Waals surface area contributed by atoms with Gasteiger partial charge in [-0.05, 0) is 56.4 Å². The van der Waals surface area contributed by atoms with E-state index < -0.39 is 57.0 Å². The molecule has 1 aliphatic rings. The van der Waals surface area contributed by atoms with Gasteiger partial charge >= 0.3 is 0 Å². The monoisotopic (exact) mass is 517 g/mol. The molecule has 0 bridgehead atoms. The second-order valence-corrected chi connectivity index (χ2v) is 11.0. The smallest absolute Gasteiger partial charge is 0.264 e. The maximum Gasteiger partial charge on any atom is 0.264 e. The second kappa shape index (κ2) is 11.6. The van der Waals surface area contributed by atoms with Crippen molar-refractivity contribution in [3.63, 3.8) is 0 Å². The van der Waals surface area contributed by atoms with Gasteiger partial charge in [0.15, 0.2) is 11.5 Å². The molecule has 0 aromatic carbocycles. The van der Waals surface area contributed by atoms with Crippen LogP contribution < -0.4 is 10.6 Å². The van der Waals surface area contributed by atoms with E-state index in [4.69, 9.17) is 0 Å². The molecule has 3 N–H and O–H groups in total. The van der Waals surface area contributed by atoms with Gasteiger partial charge in [-0.15, -0.1) is 0 Å². The number of pyridine rings is 2. The Hall–Kier alpha value is -3.38. The fourth-order valence-corrected chi connectivity index (χ4v) is 5.31. The third kappa shape index (κ3) is 6.64. The molecule has 2 atom stereocenters. The highest BCUT2D eigenvalue weighted by atomic mass is 32.2. The molecule has 0 aliphatic carbocycles. The summed E-state index contributed by atoms with van der Waals surface area (Å²) in [6.45, 7) is 5.17. The largest absolute Gasteiger partial charge is 0.505 e. The average Bonchev–Trinajstić information content (AvgIpc) is 3.00. The van der Waals surface area contributed by atoms with Crippen molar-refractivity contribution in [2.24, 2.45) is 5.92 Å². The quantitative estimate of drug-likeness (QED) is 0.471. The standard InChI is InChI=1S/C24H31N5O6S/c1-15(2)12-19(28-22(32)17-9-8-16(3)26-13-17)23(33)27-18-6-5-11-29(14-21(18)31)36(34,35)24-20(30)7-4-10-25-24/h4,7-10,13,15,18-19,30H,5-6,11-12,14H2,1-3H3,(H,27,33)(H,28,32)/t18-,19?/m0/s1. The first kappa shape index (κ1) is 27.2. The molecule has 3 heterocycles. The highest BCUT2D eigenvalue weighted by Crippen LogP contribution is 2.24. The van der Waals surface area contributed by atoms with Gasteiger partial charge in [-0.3, -0.25) is 19.4 Å². The van der Waals surface area contributed by atoms with Crippen LogP contribution in [0.3, 0.4) is 0 Å². The number of rotatable bonds is 8. The Kier molecular flexibility index (Phi) is 8.75. The normalized spacial score (nSPS) is 17.9. The topological polar surface area (TPSA) is 159 Å². The second-order valence-electron chi connectivity index (χ2n) is 9.18. The number of ketones is 1. The van der Waals surface area contributed by atoms with E-state index in [0.29, 0.717) is 18.4 Å². The van der Waals surface area contributed by atoms with E-state index in [2.05, 4.69) is 20.6 Å². The molecule has 1 fully saturated rings. The van der Waals surface area contributed by atoms with Gasteiger partial charge in [-0.2, -0.15) is 4.31 Å². The lowest BCUT2D eigenvalue weighted by molar-refractivity contribution is -0.129. The number of carbonyl (C=O) groups excluding carboxylic acids is 3. The summed E-state index contributed by atoms with van der Waals surface area (Å²) in [6.07, 6.45) is 3.55. The molecule has 2 amide bonds. The lowest BCUT2D eigenvalue weighted by atomic mass is 10.0. The minimum atomic E-state index is -4.21. The molecule has 194 valence electrons. The lowest BCUT2D eigenvalue weighted by Gasteiger charge is -2.23. The van der Waals surface area contributed by atoms with Gasteiger partial charge in [0.25, 0.3) is 15.9 Å². The van der Waals surface area contributed by atoms with Gasteiger partial charge in [0, 0.05) is 24.6 Å².